The standard InChI is InChI=1S/C25H39N5O6/c1-14(2)18(28-23(36)25(6,7)29-19(31)15(3)26)20(32)30-24(4,5)22(35)27-17(21(33)34)13-16-11-9-8-10-12-16/h8-12,14-15,17-18H,13,26H2,1-7H3,(H,27,35)(H,28,36)(H,29,31)(H,30,32)(H,33,34)/p+1/t15-,17-,18-/m0/s1. The minimum atomic E-state index is -1.48. The summed E-state index contributed by atoms with van der Waals surface area (Å²) < 4.78 is 0. The SMILES string of the molecule is CC(C)[C@H](NC(=O)C(C)(C)NC(=O)[C@H](C)[NH3+])C(=O)NC(C)(C)C(=O)N[C@@H](Cc1ccccc1)C(=O)O. The van der Waals surface area contributed by atoms with E-state index < -0.39 is 58.8 Å². The molecule has 0 saturated heterocycles. The molecule has 0 bridgehead atoms. The van der Waals surface area contributed by atoms with Crippen LogP contribution in [0.1, 0.15) is 54.0 Å². The van der Waals surface area contributed by atoms with Crippen LogP contribution in [0.4, 0.5) is 0 Å². The number of benzene rings is 1. The van der Waals surface area contributed by atoms with Crippen LogP contribution in [0.25, 0.3) is 0 Å². The van der Waals surface area contributed by atoms with E-state index in [0.29, 0.717) is 0 Å². The molecule has 1 aromatic rings. The number of rotatable bonds is 12. The summed E-state index contributed by atoms with van der Waals surface area (Å²) in [7, 11) is 0. The first-order valence-electron chi connectivity index (χ1n) is 11.8. The van der Waals surface area contributed by atoms with Gasteiger partial charge < -0.3 is 32.1 Å². The normalized spacial score (nSPS) is 14.2. The molecule has 4 amide bonds. The first-order valence-corrected chi connectivity index (χ1v) is 11.8. The molecule has 0 aliphatic heterocycles. The second kappa shape index (κ2) is 12.5. The molecular weight excluding hydrogens is 466 g/mol. The van der Waals surface area contributed by atoms with Gasteiger partial charge in [0.05, 0.1) is 0 Å². The Bertz CT molecular complexity index is 959. The fraction of sp³-hybridized carbons (Fsp3) is 0.560. The van der Waals surface area contributed by atoms with Crippen molar-refractivity contribution in [2.24, 2.45) is 5.92 Å². The van der Waals surface area contributed by atoms with E-state index in [9.17, 15) is 29.1 Å². The molecule has 0 aliphatic carbocycles. The number of aliphatic carboxylic acids is 1. The monoisotopic (exact) mass is 506 g/mol. The molecule has 0 radical (unpaired) electrons. The van der Waals surface area contributed by atoms with Gasteiger partial charge in [-0.2, -0.15) is 0 Å². The summed E-state index contributed by atoms with van der Waals surface area (Å²) in [6.07, 6.45) is 0.0727. The maximum atomic E-state index is 13.1. The van der Waals surface area contributed by atoms with Gasteiger partial charge in [0.15, 0.2) is 6.04 Å². The van der Waals surface area contributed by atoms with Crippen molar-refractivity contribution in [3.05, 3.63) is 35.9 Å². The first-order chi connectivity index (χ1) is 16.5. The van der Waals surface area contributed by atoms with Crippen LogP contribution in [0.2, 0.25) is 0 Å². The number of nitrogens with one attached hydrogen (secondary N) is 4. The van der Waals surface area contributed by atoms with Crippen molar-refractivity contribution < 1.29 is 34.8 Å². The maximum Gasteiger partial charge on any atom is 0.326 e. The fourth-order valence-corrected chi connectivity index (χ4v) is 3.18. The third-order valence-corrected chi connectivity index (χ3v) is 5.58. The van der Waals surface area contributed by atoms with Gasteiger partial charge in [0, 0.05) is 6.42 Å². The molecule has 36 heavy (non-hydrogen) atoms. The summed E-state index contributed by atoms with van der Waals surface area (Å²) in [6, 6.07) is 6.07. The Morgan fingerprint density at radius 1 is 0.833 bits per heavy atom. The molecule has 0 aromatic heterocycles. The lowest BCUT2D eigenvalue weighted by molar-refractivity contribution is -0.398. The van der Waals surface area contributed by atoms with Crippen molar-refractivity contribution >= 4 is 29.6 Å². The van der Waals surface area contributed by atoms with Gasteiger partial charge in [-0.05, 0) is 46.1 Å². The summed E-state index contributed by atoms with van der Waals surface area (Å²) in [5.41, 5.74) is 1.57. The van der Waals surface area contributed by atoms with Crippen LogP contribution in [0.3, 0.4) is 0 Å². The summed E-state index contributed by atoms with van der Waals surface area (Å²) in [4.78, 5) is 62.6. The number of carbonyl (C=O) groups excluding carboxylic acids is 4. The highest BCUT2D eigenvalue weighted by atomic mass is 16.4. The summed E-state index contributed by atoms with van der Waals surface area (Å²) in [5, 5.41) is 19.9. The van der Waals surface area contributed by atoms with E-state index in [-0.39, 0.29) is 12.3 Å². The highest BCUT2D eigenvalue weighted by Gasteiger charge is 2.38. The van der Waals surface area contributed by atoms with Gasteiger partial charge in [-0.25, -0.2) is 4.79 Å². The van der Waals surface area contributed by atoms with Gasteiger partial charge in [0.1, 0.15) is 23.2 Å². The van der Waals surface area contributed by atoms with Gasteiger partial charge >= 0.3 is 5.97 Å². The average molecular weight is 507 g/mol. The van der Waals surface area contributed by atoms with Crippen molar-refractivity contribution in [2.75, 3.05) is 0 Å². The number of quaternary nitrogens is 1. The molecule has 8 N–H and O–H groups in total. The van der Waals surface area contributed by atoms with E-state index in [1.54, 1.807) is 51.1 Å². The zero-order chi connectivity index (χ0) is 27.8. The number of amides is 4. The van der Waals surface area contributed by atoms with Gasteiger partial charge in [-0.3, -0.25) is 19.2 Å². The van der Waals surface area contributed by atoms with Crippen LogP contribution in [0.5, 0.6) is 0 Å². The molecule has 0 unspecified atom stereocenters. The zero-order valence-electron chi connectivity index (χ0n) is 22.1. The number of carboxylic acid groups (broad SMARTS) is 1. The quantitative estimate of drug-likeness (QED) is 0.219. The molecule has 11 heteroatoms. The van der Waals surface area contributed by atoms with E-state index in [1.807, 2.05) is 0 Å². The van der Waals surface area contributed by atoms with Crippen molar-refractivity contribution in [3.8, 4) is 0 Å². The lowest BCUT2D eigenvalue weighted by Gasteiger charge is -2.32. The van der Waals surface area contributed by atoms with Crippen molar-refractivity contribution in [1.82, 2.24) is 21.3 Å². The van der Waals surface area contributed by atoms with Crippen LogP contribution in [-0.2, 0) is 30.4 Å². The average Bonchev–Trinajstić information content (AvgIpc) is 2.76. The highest BCUT2D eigenvalue weighted by molar-refractivity contribution is 5.97. The first kappa shape index (κ1) is 30.6. The predicted molar refractivity (Wildman–Crippen MR) is 133 cm³/mol. The molecule has 3 atom stereocenters. The van der Waals surface area contributed by atoms with Gasteiger partial charge in [0.2, 0.25) is 17.7 Å². The lowest BCUT2D eigenvalue weighted by Crippen LogP contribution is -2.69. The number of hydrogen-bond acceptors (Lipinski definition) is 5. The summed E-state index contributed by atoms with van der Waals surface area (Å²) in [6.45, 7) is 10.9. The van der Waals surface area contributed by atoms with E-state index >= 15 is 0 Å². The van der Waals surface area contributed by atoms with Crippen LogP contribution in [0.15, 0.2) is 30.3 Å². The summed E-state index contributed by atoms with van der Waals surface area (Å²) in [5.74, 6) is -3.87. The molecule has 1 aromatic carbocycles. The minimum absolute atomic E-state index is 0.0727. The maximum absolute atomic E-state index is 13.1. The zero-order valence-corrected chi connectivity index (χ0v) is 22.1. The lowest BCUT2D eigenvalue weighted by atomic mass is 9.96. The molecule has 200 valence electrons. The molecule has 0 spiro atoms. The smallest absolute Gasteiger partial charge is 0.326 e. The second-order valence-electron chi connectivity index (χ2n) is 10.4. The predicted octanol–water partition coefficient (Wildman–Crippen LogP) is -0.641. The van der Waals surface area contributed by atoms with Crippen molar-refractivity contribution in [2.45, 2.75) is 84.1 Å². The van der Waals surface area contributed by atoms with Gasteiger partial charge in [-0.1, -0.05) is 44.2 Å². The third kappa shape index (κ3) is 8.95. The Morgan fingerprint density at radius 2 is 1.31 bits per heavy atom. The molecule has 0 heterocycles. The van der Waals surface area contributed by atoms with Crippen molar-refractivity contribution in [3.63, 3.8) is 0 Å². The Morgan fingerprint density at radius 3 is 1.75 bits per heavy atom. The second-order valence-corrected chi connectivity index (χ2v) is 10.4. The van der Waals surface area contributed by atoms with Crippen LogP contribution >= 0.6 is 0 Å². The highest BCUT2D eigenvalue weighted by Crippen LogP contribution is 2.12. The Kier molecular flexibility index (Phi) is 10.6. The van der Waals surface area contributed by atoms with Crippen LogP contribution in [0, 0.1) is 5.92 Å². The number of hydrogen-bond donors (Lipinski definition) is 6. The van der Waals surface area contributed by atoms with Gasteiger partial charge in [-0.15, -0.1) is 0 Å². The molecule has 1 rings (SSSR count). The van der Waals surface area contributed by atoms with E-state index in [4.69, 9.17) is 0 Å². The van der Waals surface area contributed by atoms with E-state index in [1.165, 1.54) is 27.7 Å². The fourth-order valence-electron chi connectivity index (χ4n) is 3.18. The topological polar surface area (TPSA) is 181 Å². The minimum Gasteiger partial charge on any atom is -0.480 e. The Labute approximate surface area is 212 Å². The Balaban J connectivity index is 2.93. The largest absolute Gasteiger partial charge is 0.480 e. The van der Waals surface area contributed by atoms with Crippen molar-refractivity contribution in [1.29, 1.82) is 0 Å². The van der Waals surface area contributed by atoms with Crippen LogP contribution in [-0.4, -0.2) is 63.9 Å². The van der Waals surface area contributed by atoms with E-state index in [2.05, 4.69) is 27.0 Å². The van der Waals surface area contributed by atoms with Crippen LogP contribution < -0.4 is 27.0 Å². The number of carbonyl (C=O) groups is 5. The number of carboxylic acids is 1. The molecule has 0 fully saturated rings. The molecule has 0 saturated carbocycles. The third-order valence-electron chi connectivity index (χ3n) is 5.58. The van der Waals surface area contributed by atoms with E-state index in [0.717, 1.165) is 5.56 Å². The summed E-state index contributed by atoms with van der Waals surface area (Å²) >= 11 is 0. The molecular formula is C25H40N5O6+. The Hall–Kier alpha value is -3.47. The van der Waals surface area contributed by atoms with Gasteiger partial charge in [0.25, 0.3) is 5.91 Å². The molecule has 0 aliphatic rings. The molecule has 11 nitrogen and oxygen atoms in total.